The Kier molecular flexibility index (Phi) is 7.59. The summed E-state index contributed by atoms with van der Waals surface area (Å²) in [7, 11) is 0. The van der Waals surface area contributed by atoms with E-state index in [2.05, 4.69) is 23.7 Å². The van der Waals surface area contributed by atoms with Crippen molar-refractivity contribution < 1.29 is 24.2 Å². The van der Waals surface area contributed by atoms with Crippen LogP contribution < -0.4 is 4.74 Å². The van der Waals surface area contributed by atoms with E-state index in [0.717, 1.165) is 13.1 Å². The van der Waals surface area contributed by atoms with Crippen LogP contribution in [0.2, 0.25) is 0 Å². The summed E-state index contributed by atoms with van der Waals surface area (Å²) in [6, 6.07) is 9.79. The molecule has 2 aliphatic heterocycles. The third kappa shape index (κ3) is 5.29. The van der Waals surface area contributed by atoms with Crippen molar-refractivity contribution in [2.45, 2.75) is 19.9 Å². The fraction of sp³-hybridized carbons (Fsp3) is 0.423. The molecule has 2 aliphatic rings. The molecule has 34 heavy (non-hydrogen) atoms. The van der Waals surface area contributed by atoms with Crippen LogP contribution in [0.15, 0.2) is 54.4 Å². The van der Waals surface area contributed by atoms with Crippen LogP contribution in [0.25, 0.3) is 5.76 Å². The molecule has 2 saturated heterocycles. The molecule has 3 heterocycles. The third-order valence-corrected chi connectivity index (χ3v) is 6.01. The van der Waals surface area contributed by atoms with Crippen molar-refractivity contribution in [3.8, 4) is 5.75 Å². The average molecular weight is 466 g/mol. The summed E-state index contributed by atoms with van der Waals surface area (Å²) in [4.78, 5) is 34.1. The molecule has 4 rings (SSSR count). The molecule has 1 atom stereocenters. The molecule has 1 N–H and O–H groups in total. The monoisotopic (exact) mass is 465 g/mol. The molecule has 1 aromatic carbocycles. The zero-order valence-corrected chi connectivity index (χ0v) is 19.6. The summed E-state index contributed by atoms with van der Waals surface area (Å²) >= 11 is 0. The lowest BCUT2D eigenvalue weighted by Crippen LogP contribution is -2.42. The summed E-state index contributed by atoms with van der Waals surface area (Å²) in [5, 5.41) is 11.2. The number of carbonyl (C=O) groups is 2. The van der Waals surface area contributed by atoms with E-state index in [9.17, 15) is 14.7 Å². The number of aliphatic hydroxyl groups is 1. The molecule has 0 saturated carbocycles. The molecule has 1 amide bonds. The van der Waals surface area contributed by atoms with Gasteiger partial charge in [0.15, 0.2) is 0 Å². The van der Waals surface area contributed by atoms with Crippen molar-refractivity contribution in [2.24, 2.45) is 5.92 Å². The number of hydrogen-bond acceptors (Lipinski definition) is 7. The molecule has 8 heteroatoms. The van der Waals surface area contributed by atoms with Gasteiger partial charge in [-0.25, -0.2) is 0 Å². The highest BCUT2D eigenvalue weighted by Crippen LogP contribution is 2.39. The minimum Gasteiger partial charge on any atom is -0.507 e. The maximum Gasteiger partial charge on any atom is 0.295 e. The van der Waals surface area contributed by atoms with Crippen LogP contribution in [0, 0.1) is 5.92 Å². The van der Waals surface area contributed by atoms with Crippen molar-refractivity contribution >= 4 is 17.4 Å². The number of carbonyl (C=O) groups excluding carboxylic acids is 2. The molecule has 0 spiro atoms. The van der Waals surface area contributed by atoms with Gasteiger partial charge in [0.1, 0.15) is 11.5 Å². The van der Waals surface area contributed by atoms with Gasteiger partial charge in [0.25, 0.3) is 11.7 Å². The summed E-state index contributed by atoms with van der Waals surface area (Å²) in [6.07, 6.45) is 3.27. The number of ether oxygens (including phenoxy) is 2. The molecule has 8 nitrogen and oxygen atoms in total. The SMILES string of the molecule is CC(C)COc1ccc(C(O)=C2C(=O)C(=O)N(CCN3CCOCC3)[C@@H]2c2cccnc2)cc1. The van der Waals surface area contributed by atoms with E-state index in [1.165, 1.54) is 0 Å². The average Bonchev–Trinajstić information content (AvgIpc) is 3.12. The molecule has 0 bridgehead atoms. The second kappa shape index (κ2) is 10.8. The number of pyridine rings is 1. The standard InChI is InChI=1S/C26H31N3O5/c1-18(2)17-34-21-7-5-19(6-8-21)24(30)22-23(20-4-3-9-27-16-20)29(26(32)25(22)31)11-10-28-12-14-33-15-13-28/h3-9,16,18,23,30H,10-15,17H2,1-2H3/t23-/m1/s1. The Morgan fingerprint density at radius 2 is 1.88 bits per heavy atom. The first-order valence-corrected chi connectivity index (χ1v) is 11.7. The lowest BCUT2D eigenvalue weighted by Gasteiger charge is -2.30. The number of morpholine rings is 1. The quantitative estimate of drug-likeness (QED) is 0.364. The van der Waals surface area contributed by atoms with Crippen molar-refractivity contribution in [1.29, 1.82) is 0 Å². The predicted molar refractivity (Wildman–Crippen MR) is 127 cm³/mol. The number of hydrogen-bond donors (Lipinski definition) is 1. The van der Waals surface area contributed by atoms with Crippen molar-refractivity contribution in [2.75, 3.05) is 46.0 Å². The number of Topliss-reactive ketones (excluding diaryl/α,β-unsaturated/α-hetero) is 1. The molecular formula is C26H31N3O5. The smallest absolute Gasteiger partial charge is 0.295 e. The summed E-state index contributed by atoms with van der Waals surface area (Å²) in [5.41, 5.74) is 1.22. The summed E-state index contributed by atoms with van der Waals surface area (Å²) in [5.74, 6) is -0.425. The fourth-order valence-electron chi connectivity index (χ4n) is 4.20. The molecule has 180 valence electrons. The van der Waals surface area contributed by atoms with Crippen LogP contribution >= 0.6 is 0 Å². The first-order valence-electron chi connectivity index (χ1n) is 11.7. The zero-order valence-electron chi connectivity index (χ0n) is 19.6. The predicted octanol–water partition coefficient (Wildman–Crippen LogP) is 2.87. The van der Waals surface area contributed by atoms with Gasteiger partial charge < -0.3 is 19.5 Å². The lowest BCUT2D eigenvalue weighted by molar-refractivity contribution is -0.140. The lowest BCUT2D eigenvalue weighted by atomic mass is 9.96. The Morgan fingerprint density at radius 3 is 2.53 bits per heavy atom. The molecule has 2 fully saturated rings. The molecule has 0 aliphatic carbocycles. The number of likely N-dealkylation sites (tertiary alicyclic amines) is 1. The van der Waals surface area contributed by atoms with Gasteiger partial charge in [-0.3, -0.25) is 19.5 Å². The minimum absolute atomic E-state index is 0.0795. The minimum atomic E-state index is -0.702. The Morgan fingerprint density at radius 1 is 1.15 bits per heavy atom. The number of benzene rings is 1. The van der Waals surface area contributed by atoms with Crippen LogP contribution in [0.5, 0.6) is 5.75 Å². The fourth-order valence-corrected chi connectivity index (χ4v) is 4.20. The molecule has 0 unspecified atom stereocenters. The Balaban J connectivity index is 1.64. The van der Waals surface area contributed by atoms with E-state index in [0.29, 0.717) is 55.7 Å². The number of rotatable bonds is 8. The van der Waals surface area contributed by atoms with Crippen LogP contribution in [-0.2, 0) is 14.3 Å². The van der Waals surface area contributed by atoms with Gasteiger partial charge in [-0.15, -0.1) is 0 Å². The van der Waals surface area contributed by atoms with E-state index in [-0.39, 0.29) is 11.3 Å². The summed E-state index contributed by atoms with van der Waals surface area (Å²) in [6.45, 7) is 8.58. The zero-order chi connectivity index (χ0) is 24.1. The van der Waals surface area contributed by atoms with Crippen LogP contribution in [0.4, 0.5) is 0 Å². The summed E-state index contributed by atoms with van der Waals surface area (Å²) < 4.78 is 11.1. The van der Waals surface area contributed by atoms with E-state index in [1.807, 2.05) is 6.07 Å². The number of nitrogens with zero attached hydrogens (tertiary/aromatic N) is 3. The van der Waals surface area contributed by atoms with Gasteiger partial charge >= 0.3 is 0 Å². The highest BCUT2D eigenvalue weighted by Gasteiger charge is 2.46. The molecule has 1 aromatic heterocycles. The second-order valence-electron chi connectivity index (χ2n) is 8.96. The first kappa shape index (κ1) is 23.9. The van der Waals surface area contributed by atoms with Gasteiger partial charge in [-0.2, -0.15) is 0 Å². The number of ketones is 1. The van der Waals surface area contributed by atoms with Gasteiger partial charge in [0.2, 0.25) is 0 Å². The third-order valence-electron chi connectivity index (χ3n) is 6.01. The van der Waals surface area contributed by atoms with Crippen LogP contribution in [0.1, 0.15) is 31.0 Å². The van der Waals surface area contributed by atoms with Crippen molar-refractivity contribution in [3.05, 3.63) is 65.5 Å². The number of amides is 1. The van der Waals surface area contributed by atoms with Gasteiger partial charge in [-0.05, 0) is 41.8 Å². The van der Waals surface area contributed by atoms with E-state index >= 15 is 0 Å². The molecule has 2 aromatic rings. The number of aliphatic hydroxyl groups excluding tert-OH is 1. The van der Waals surface area contributed by atoms with Gasteiger partial charge in [0, 0.05) is 44.1 Å². The highest BCUT2D eigenvalue weighted by atomic mass is 16.5. The van der Waals surface area contributed by atoms with Crippen LogP contribution in [-0.4, -0.2) is 77.6 Å². The second-order valence-corrected chi connectivity index (χ2v) is 8.96. The largest absolute Gasteiger partial charge is 0.507 e. The van der Waals surface area contributed by atoms with Gasteiger partial charge in [-0.1, -0.05) is 19.9 Å². The topological polar surface area (TPSA) is 92.2 Å². The van der Waals surface area contributed by atoms with Crippen molar-refractivity contribution in [1.82, 2.24) is 14.8 Å². The molecular weight excluding hydrogens is 434 g/mol. The van der Waals surface area contributed by atoms with E-state index < -0.39 is 17.7 Å². The number of aromatic nitrogens is 1. The Bertz CT molecular complexity index is 1030. The molecule has 0 radical (unpaired) electrons. The van der Waals surface area contributed by atoms with Crippen LogP contribution in [0.3, 0.4) is 0 Å². The maximum absolute atomic E-state index is 13.1. The van der Waals surface area contributed by atoms with Gasteiger partial charge in [0.05, 0.1) is 31.4 Å². The maximum atomic E-state index is 13.1. The Labute approximate surface area is 199 Å². The Hall–Kier alpha value is -3.23. The van der Waals surface area contributed by atoms with Crippen molar-refractivity contribution in [3.63, 3.8) is 0 Å². The van der Waals surface area contributed by atoms with E-state index in [1.54, 1.807) is 47.6 Å². The van der Waals surface area contributed by atoms with E-state index in [4.69, 9.17) is 9.47 Å². The first-order chi connectivity index (χ1) is 16.5. The highest BCUT2D eigenvalue weighted by molar-refractivity contribution is 6.46. The normalized spacial score (nSPS) is 20.8.